The Kier molecular flexibility index (Phi) is 2.53. The Bertz CT molecular complexity index is 710. The summed E-state index contributed by atoms with van der Waals surface area (Å²) in [6.07, 6.45) is 0. The maximum atomic E-state index is 9.08. The molecule has 0 saturated heterocycles. The SMILES string of the molecule is CC1=Nc2cc(C#N)c(C#N)c(C)c2C(=N)C1=N. The zero-order chi connectivity index (χ0) is 13.4. The van der Waals surface area contributed by atoms with Crippen molar-refractivity contribution in [2.75, 3.05) is 0 Å². The molecule has 0 aliphatic carbocycles. The van der Waals surface area contributed by atoms with Crippen LogP contribution >= 0.6 is 0 Å². The van der Waals surface area contributed by atoms with E-state index >= 15 is 0 Å². The van der Waals surface area contributed by atoms with Crippen molar-refractivity contribution in [1.82, 2.24) is 0 Å². The highest BCUT2D eigenvalue weighted by Crippen LogP contribution is 2.31. The molecule has 1 aliphatic heterocycles. The third kappa shape index (κ3) is 1.42. The van der Waals surface area contributed by atoms with Gasteiger partial charge in [-0.2, -0.15) is 10.5 Å². The summed E-state index contributed by atoms with van der Waals surface area (Å²) in [5.74, 6) is 0. The molecule has 5 heteroatoms. The van der Waals surface area contributed by atoms with Crippen LogP contribution in [0.4, 0.5) is 5.69 Å². The van der Waals surface area contributed by atoms with Crippen LogP contribution in [0, 0.1) is 40.4 Å². The van der Waals surface area contributed by atoms with Crippen LogP contribution in [0.25, 0.3) is 0 Å². The topological polar surface area (TPSA) is 108 Å². The van der Waals surface area contributed by atoms with Crippen LogP contribution in [0.5, 0.6) is 0 Å². The maximum absolute atomic E-state index is 9.08. The summed E-state index contributed by atoms with van der Waals surface area (Å²) < 4.78 is 0. The van der Waals surface area contributed by atoms with E-state index in [-0.39, 0.29) is 22.6 Å². The van der Waals surface area contributed by atoms with E-state index in [2.05, 4.69) is 4.99 Å². The zero-order valence-electron chi connectivity index (χ0n) is 9.92. The van der Waals surface area contributed by atoms with Crippen molar-refractivity contribution in [2.24, 2.45) is 4.99 Å². The summed E-state index contributed by atoms with van der Waals surface area (Å²) in [6.45, 7) is 3.33. The minimum atomic E-state index is 0.0518. The number of benzene rings is 1. The van der Waals surface area contributed by atoms with Gasteiger partial charge in [0.2, 0.25) is 0 Å². The van der Waals surface area contributed by atoms with Gasteiger partial charge in [0.25, 0.3) is 0 Å². The summed E-state index contributed by atoms with van der Waals surface area (Å²) in [5, 5.41) is 33.8. The summed E-state index contributed by atoms with van der Waals surface area (Å²) in [4.78, 5) is 4.21. The molecule has 18 heavy (non-hydrogen) atoms. The molecule has 5 nitrogen and oxygen atoms in total. The molecule has 1 heterocycles. The highest BCUT2D eigenvalue weighted by atomic mass is 14.8. The van der Waals surface area contributed by atoms with E-state index in [1.165, 1.54) is 6.07 Å². The second kappa shape index (κ2) is 3.90. The highest BCUT2D eigenvalue weighted by molar-refractivity contribution is 6.71. The molecule has 0 spiro atoms. The first-order valence-corrected chi connectivity index (χ1v) is 5.22. The minimum Gasteiger partial charge on any atom is -0.298 e. The Morgan fingerprint density at radius 2 is 1.78 bits per heavy atom. The lowest BCUT2D eigenvalue weighted by molar-refractivity contribution is 1.30. The van der Waals surface area contributed by atoms with Gasteiger partial charge in [-0.15, -0.1) is 0 Å². The average molecular weight is 235 g/mol. The van der Waals surface area contributed by atoms with Gasteiger partial charge in [0.15, 0.2) is 0 Å². The van der Waals surface area contributed by atoms with Crippen molar-refractivity contribution >= 4 is 22.8 Å². The van der Waals surface area contributed by atoms with Gasteiger partial charge in [0.1, 0.15) is 17.9 Å². The number of fused-ring (bicyclic) bond motifs is 1. The first kappa shape index (κ1) is 11.7. The molecule has 0 bridgehead atoms. The van der Waals surface area contributed by atoms with Crippen molar-refractivity contribution in [3.63, 3.8) is 0 Å². The van der Waals surface area contributed by atoms with Crippen molar-refractivity contribution in [3.05, 3.63) is 28.3 Å². The van der Waals surface area contributed by atoms with Crippen LogP contribution < -0.4 is 0 Å². The Hall–Kier alpha value is -2.79. The summed E-state index contributed by atoms with van der Waals surface area (Å²) >= 11 is 0. The number of nitriles is 2. The lowest BCUT2D eigenvalue weighted by Crippen LogP contribution is -2.26. The van der Waals surface area contributed by atoms with Gasteiger partial charge in [-0.1, -0.05) is 0 Å². The largest absolute Gasteiger partial charge is 0.298 e. The second-order valence-electron chi connectivity index (χ2n) is 3.99. The standard InChI is InChI=1S/C13H9N5/c1-6-9(5-15)8(4-14)3-10-11(6)13(17)12(16)7(2)18-10/h3,16-17H,1-2H3. The van der Waals surface area contributed by atoms with Gasteiger partial charge in [-0.05, 0) is 25.5 Å². The Balaban J connectivity index is 2.90. The Labute approximate surface area is 104 Å². The van der Waals surface area contributed by atoms with Crippen molar-refractivity contribution in [2.45, 2.75) is 13.8 Å². The number of nitrogens with zero attached hydrogens (tertiary/aromatic N) is 3. The first-order valence-electron chi connectivity index (χ1n) is 5.22. The van der Waals surface area contributed by atoms with E-state index in [9.17, 15) is 0 Å². The lowest BCUT2D eigenvalue weighted by Gasteiger charge is -2.18. The van der Waals surface area contributed by atoms with Crippen LogP contribution in [-0.4, -0.2) is 17.1 Å². The summed E-state index contributed by atoms with van der Waals surface area (Å²) in [6, 6.07) is 5.44. The molecule has 1 aromatic carbocycles. The van der Waals surface area contributed by atoms with Crippen molar-refractivity contribution in [3.8, 4) is 12.1 Å². The molecular weight excluding hydrogens is 226 g/mol. The van der Waals surface area contributed by atoms with E-state index in [4.69, 9.17) is 21.3 Å². The monoisotopic (exact) mass is 235 g/mol. The van der Waals surface area contributed by atoms with Gasteiger partial charge in [0, 0.05) is 5.56 Å². The van der Waals surface area contributed by atoms with E-state index < -0.39 is 0 Å². The summed E-state index contributed by atoms with van der Waals surface area (Å²) in [5.41, 5.74) is 2.56. The number of aliphatic imine (C=N–C) groups is 1. The molecular formula is C13H9N5. The molecule has 1 aromatic rings. The highest BCUT2D eigenvalue weighted by Gasteiger charge is 2.25. The maximum Gasteiger partial charge on any atom is 0.101 e. The fourth-order valence-corrected chi connectivity index (χ4v) is 1.98. The summed E-state index contributed by atoms with van der Waals surface area (Å²) in [7, 11) is 0. The van der Waals surface area contributed by atoms with E-state index in [1.54, 1.807) is 13.8 Å². The fourth-order valence-electron chi connectivity index (χ4n) is 1.98. The minimum absolute atomic E-state index is 0.0518. The molecule has 2 N–H and O–H groups in total. The predicted molar refractivity (Wildman–Crippen MR) is 67.9 cm³/mol. The lowest BCUT2D eigenvalue weighted by atomic mass is 9.89. The number of rotatable bonds is 0. The average Bonchev–Trinajstić information content (AvgIpc) is 2.35. The van der Waals surface area contributed by atoms with Crippen molar-refractivity contribution < 1.29 is 0 Å². The van der Waals surface area contributed by atoms with Crippen LogP contribution in [-0.2, 0) is 0 Å². The Morgan fingerprint density at radius 1 is 1.11 bits per heavy atom. The predicted octanol–water partition coefficient (Wildman–Crippen LogP) is 2.23. The third-order valence-corrected chi connectivity index (χ3v) is 2.94. The van der Waals surface area contributed by atoms with Gasteiger partial charge in [-0.3, -0.25) is 15.8 Å². The molecule has 1 aliphatic rings. The number of nitrogens with one attached hydrogen (secondary N) is 2. The smallest absolute Gasteiger partial charge is 0.101 e. The molecule has 0 unspecified atom stereocenters. The van der Waals surface area contributed by atoms with Crippen LogP contribution in [0.3, 0.4) is 0 Å². The molecule has 0 saturated carbocycles. The fraction of sp³-hybridized carbons (Fsp3) is 0.154. The van der Waals surface area contributed by atoms with Gasteiger partial charge in [0.05, 0.1) is 28.2 Å². The van der Waals surface area contributed by atoms with Gasteiger partial charge >= 0.3 is 0 Å². The van der Waals surface area contributed by atoms with Crippen LogP contribution in [0.2, 0.25) is 0 Å². The molecule has 0 aromatic heterocycles. The third-order valence-electron chi connectivity index (χ3n) is 2.94. The molecule has 0 fully saturated rings. The molecule has 86 valence electrons. The first-order chi connectivity index (χ1) is 8.51. The number of hydrogen-bond acceptors (Lipinski definition) is 5. The molecule has 0 amide bonds. The van der Waals surface area contributed by atoms with E-state index in [0.717, 1.165) is 0 Å². The van der Waals surface area contributed by atoms with Crippen LogP contribution in [0.1, 0.15) is 29.2 Å². The quantitative estimate of drug-likeness (QED) is 0.719. The van der Waals surface area contributed by atoms with Crippen LogP contribution in [0.15, 0.2) is 11.1 Å². The molecule has 2 rings (SSSR count). The Morgan fingerprint density at radius 3 is 2.33 bits per heavy atom. The van der Waals surface area contributed by atoms with Gasteiger partial charge in [-0.25, -0.2) is 0 Å². The normalized spacial score (nSPS) is 13.4. The van der Waals surface area contributed by atoms with Crippen molar-refractivity contribution in [1.29, 1.82) is 21.3 Å². The molecule has 0 atom stereocenters. The number of hydrogen-bond donors (Lipinski definition) is 2. The van der Waals surface area contributed by atoms with Gasteiger partial charge < -0.3 is 0 Å². The van der Waals surface area contributed by atoms with E-state index in [1.807, 2.05) is 12.1 Å². The molecule has 0 radical (unpaired) electrons. The zero-order valence-corrected chi connectivity index (χ0v) is 9.92. The second-order valence-corrected chi connectivity index (χ2v) is 3.99. The van der Waals surface area contributed by atoms with E-state index in [0.29, 0.717) is 22.5 Å².